The lowest BCUT2D eigenvalue weighted by Crippen LogP contribution is -2.09. The van der Waals surface area contributed by atoms with Gasteiger partial charge in [-0.2, -0.15) is 0 Å². The first-order valence-corrected chi connectivity index (χ1v) is 7.72. The van der Waals surface area contributed by atoms with Gasteiger partial charge in [-0.15, -0.1) is 11.3 Å². The molecule has 0 saturated heterocycles. The number of pyridine rings is 1. The lowest BCUT2D eigenvalue weighted by atomic mass is 9.86. The summed E-state index contributed by atoms with van der Waals surface area (Å²) >= 11 is 1.65. The summed E-state index contributed by atoms with van der Waals surface area (Å²) in [5, 5.41) is 1.90. The number of hydrogen-bond acceptors (Lipinski definition) is 4. The number of aryl methyl sites for hydroxylation is 1. The summed E-state index contributed by atoms with van der Waals surface area (Å²) in [5.41, 5.74) is 9.50. The van der Waals surface area contributed by atoms with Crippen molar-refractivity contribution >= 4 is 27.4 Å². The fourth-order valence-corrected chi connectivity index (χ4v) is 4.11. The summed E-state index contributed by atoms with van der Waals surface area (Å²) in [6.45, 7) is 0. The molecule has 0 fully saturated rings. The number of anilines is 1. The molecule has 4 rings (SSSR count). The van der Waals surface area contributed by atoms with Crippen LogP contribution >= 0.6 is 11.3 Å². The van der Waals surface area contributed by atoms with Gasteiger partial charge >= 0.3 is 0 Å². The average molecular weight is 281 g/mol. The third-order valence-corrected chi connectivity index (χ3v) is 5.04. The maximum atomic E-state index is 5.89. The molecule has 4 heteroatoms. The zero-order valence-corrected chi connectivity index (χ0v) is 11.9. The molecule has 100 valence electrons. The Balaban J connectivity index is 1.83. The minimum atomic E-state index is 0.443. The highest BCUT2D eigenvalue weighted by Gasteiger charge is 2.25. The second-order valence-corrected chi connectivity index (χ2v) is 6.33. The maximum absolute atomic E-state index is 5.89. The standard InChI is InChI=1S/C16H15N3S/c17-16-19-14-5-1-4-12(15(14)20-16)10-6-7-13-11(9-10)3-2-8-18-13/h2-3,6-9,12H,1,4-5H2,(H2,17,19). The van der Waals surface area contributed by atoms with Crippen LogP contribution in [0.5, 0.6) is 0 Å². The Morgan fingerprint density at radius 3 is 3.15 bits per heavy atom. The minimum absolute atomic E-state index is 0.443. The van der Waals surface area contributed by atoms with Crippen LogP contribution in [0, 0.1) is 0 Å². The number of benzene rings is 1. The Hall–Kier alpha value is -1.94. The van der Waals surface area contributed by atoms with Gasteiger partial charge in [0.25, 0.3) is 0 Å². The second kappa shape index (κ2) is 4.56. The Labute approximate surface area is 121 Å². The van der Waals surface area contributed by atoms with Crippen molar-refractivity contribution in [3.8, 4) is 0 Å². The Morgan fingerprint density at radius 1 is 1.25 bits per heavy atom. The molecule has 3 aromatic rings. The highest BCUT2D eigenvalue weighted by molar-refractivity contribution is 7.15. The number of aromatic nitrogens is 2. The lowest BCUT2D eigenvalue weighted by Gasteiger charge is -2.21. The molecule has 2 aromatic heterocycles. The van der Waals surface area contributed by atoms with Crippen LogP contribution in [0.3, 0.4) is 0 Å². The van der Waals surface area contributed by atoms with Gasteiger partial charge in [-0.1, -0.05) is 12.1 Å². The van der Waals surface area contributed by atoms with Crippen LogP contribution < -0.4 is 5.73 Å². The van der Waals surface area contributed by atoms with E-state index in [2.05, 4.69) is 34.2 Å². The van der Waals surface area contributed by atoms with E-state index in [0.717, 1.165) is 11.9 Å². The molecule has 0 saturated carbocycles. The molecule has 0 amide bonds. The van der Waals surface area contributed by atoms with Crippen molar-refractivity contribution in [3.05, 3.63) is 52.7 Å². The molecule has 2 N–H and O–H groups in total. The normalized spacial score (nSPS) is 18.1. The number of fused-ring (bicyclic) bond motifs is 2. The molecular weight excluding hydrogens is 266 g/mol. The fraction of sp³-hybridized carbons (Fsp3) is 0.250. The fourth-order valence-electron chi connectivity index (χ4n) is 3.07. The molecule has 0 spiro atoms. The van der Waals surface area contributed by atoms with E-state index in [1.54, 1.807) is 11.3 Å². The molecule has 1 unspecified atom stereocenters. The Kier molecular flexibility index (Phi) is 2.70. The van der Waals surface area contributed by atoms with Crippen LogP contribution in [0.25, 0.3) is 10.9 Å². The number of nitrogen functional groups attached to an aromatic ring is 1. The first-order chi connectivity index (χ1) is 9.81. The number of hydrogen-bond donors (Lipinski definition) is 1. The summed E-state index contributed by atoms with van der Waals surface area (Å²) in [6.07, 6.45) is 5.27. The number of nitrogens with zero attached hydrogens (tertiary/aromatic N) is 2. The Bertz CT molecular complexity index is 778. The van der Waals surface area contributed by atoms with E-state index in [-0.39, 0.29) is 0 Å². The first-order valence-electron chi connectivity index (χ1n) is 6.91. The molecule has 3 nitrogen and oxygen atoms in total. The van der Waals surface area contributed by atoms with Crippen LogP contribution in [0.15, 0.2) is 36.5 Å². The van der Waals surface area contributed by atoms with E-state index in [1.165, 1.54) is 34.4 Å². The number of thiazole rings is 1. The van der Waals surface area contributed by atoms with Crippen molar-refractivity contribution in [2.24, 2.45) is 0 Å². The largest absolute Gasteiger partial charge is 0.375 e. The SMILES string of the molecule is Nc1nc2c(s1)C(c1ccc3ncccc3c1)CCC2. The minimum Gasteiger partial charge on any atom is -0.375 e. The van der Waals surface area contributed by atoms with Gasteiger partial charge in [0.05, 0.1) is 11.2 Å². The number of nitrogens with two attached hydrogens (primary N) is 1. The molecule has 20 heavy (non-hydrogen) atoms. The average Bonchev–Trinajstić information content (AvgIpc) is 2.86. The Morgan fingerprint density at radius 2 is 2.20 bits per heavy atom. The zero-order valence-electron chi connectivity index (χ0n) is 11.0. The van der Waals surface area contributed by atoms with E-state index in [1.807, 2.05) is 12.3 Å². The number of rotatable bonds is 1. The maximum Gasteiger partial charge on any atom is 0.180 e. The van der Waals surface area contributed by atoms with Crippen molar-refractivity contribution in [2.75, 3.05) is 5.73 Å². The van der Waals surface area contributed by atoms with E-state index in [9.17, 15) is 0 Å². The predicted octanol–water partition coefficient (Wildman–Crippen LogP) is 3.74. The summed E-state index contributed by atoms with van der Waals surface area (Å²) in [5.74, 6) is 0.443. The van der Waals surface area contributed by atoms with E-state index < -0.39 is 0 Å². The molecule has 1 aliphatic carbocycles. The zero-order chi connectivity index (χ0) is 13.5. The molecule has 1 atom stereocenters. The van der Waals surface area contributed by atoms with Gasteiger partial charge in [0.15, 0.2) is 5.13 Å². The van der Waals surface area contributed by atoms with Gasteiger partial charge < -0.3 is 5.73 Å². The van der Waals surface area contributed by atoms with Crippen LogP contribution in [-0.2, 0) is 6.42 Å². The van der Waals surface area contributed by atoms with Gasteiger partial charge in [-0.3, -0.25) is 4.98 Å². The monoisotopic (exact) mass is 281 g/mol. The quantitative estimate of drug-likeness (QED) is 0.739. The second-order valence-electron chi connectivity index (χ2n) is 5.26. The van der Waals surface area contributed by atoms with Crippen LogP contribution in [0.4, 0.5) is 5.13 Å². The molecule has 1 aliphatic rings. The lowest BCUT2D eigenvalue weighted by molar-refractivity contribution is 0.618. The van der Waals surface area contributed by atoms with E-state index in [0.29, 0.717) is 11.0 Å². The highest BCUT2D eigenvalue weighted by Crippen LogP contribution is 2.41. The third-order valence-electron chi connectivity index (χ3n) is 4.00. The molecule has 0 aliphatic heterocycles. The highest BCUT2D eigenvalue weighted by atomic mass is 32.1. The van der Waals surface area contributed by atoms with Crippen molar-refractivity contribution in [2.45, 2.75) is 25.2 Å². The van der Waals surface area contributed by atoms with Gasteiger partial charge in [0, 0.05) is 22.4 Å². The van der Waals surface area contributed by atoms with Crippen LogP contribution in [0.2, 0.25) is 0 Å². The van der Waals surface area contributed by atoms with Crippen molar-refractivity contribution in [3.63, 3.8) is 0 Å². The van der Waals surface area contributed by atoms with Gasteiger partial charge in [0.1, 0.15) is 0 Å². The van der Waals surface area contributed by atoms with Gasteiger partial charge in [0.2, 0.25) is 0 Å². The molecule has 0 radical (unpaired) electrons. The van der Waals surface area contributed by atoms with Crippen LogP contribution in [-0.4, -0.2) is 9.97 Å². The smallest absolute Gasteiger partial charge is 0.180 e. The molecule has 0 bridgehead atoms. The van der Waals surface area contributed by atoms with Gasteiger partial charge in [-0.25, -0.2) is 4.98 Å². The summed E-state index contributed by atoms with van der Waals surface area (Å²) in [7, 11) is 0. The van der Waals surface area contributed by atoms with E-state index >= 15 is 0 Å². The summed E-state index contributed by atoms with van der Waals surface area (Å²) in [6, 6.07) is 10.7. The topological polar surface area (TPSA) is 51.8 Å². The molecule has 2 heterocycles. The third kappa shape index (κ3) is 1.88. The first kappa shape index (κ1) is 11.9. The van der Waals surface area contributed by atoms with E-state index in [4.69, 9.17) is 5.73 Å². The van der Waals surface area contributed by atoms with Crippen LogP contribution in [0.1, 0.15) is 34.9 Å². The van der Waals surface area contributed by atoms with Gasteiger partial charge in [-0.05, 0) is 43.0 Å². The predicted molar refractivity (Wildman–Crippen MR) is 83.1 cm³/mol. The molecular formula is C16H15N3S. The summed E-state index contributed by atoms with van der Waals surface area (Å²) < 4.78 is 0. The summed E-state index contributed by atoms with van der Waals surface area (Å²) in [4.78, 5) is 10.2. The van der Waals surface area contributed by atoms with Crippen molar-refractivity contribution in [1.82, 2.24) is 9.97 Å². The molecule has 1 aromatic carbocycles. The van der Waals surface area contributed by atoms with Crippen molar-refractivity contribution < 1.29 is 0 Å². The van der Waals surface area contributed by atoms with Crippen molar-refractivity contribution in [1.29, 1.82) is 0 Å².